The molecule has 8 heteroatoms. The Morgan fingerprint density at radius 3 is 2.96 bits per heavy atom. The molecule has 0 saturated carbocycles. The van der Waals surface area contributed by atoms with Gasteiger partial charge in [0.05, 0.1) is 17.1 Å². The van der Waals surface area contributed by atoms with E-state index in [-0.39, 0.29) is 11.9 Å². The predicted molar refractivity (Wildman–Crippen MR) is 97.3 cm³/mol. The van der Waals surface area contributed by atoms with Crippen LogP contribution in [0.3, 0.4) is 0 Å². The lowest BCUT2D eigenvalue weighted by atomic mass is 10.1. The second kappa shape index (κ2) is 6.87. The Kier molecular flexibility index (Phi) is 4.42. The number of aryl methyl sites for hydroxylation is 2. The monoisotopic (exact) mass is 369 g/mol. The molecule has 1 amide bonds. The van der Waals surface area contributed by atoms with Crippen molar-refractivity contribution in [2.75, 3.05) is 13.2 Å². The Morgan fingerprint density at radius 1 is 1.31 bits per heavy atom. The van der Waals surface area contributed by atoms with Crippen molar-refractivity contribution in [1.82, 2.24) is 24.6 Å². The minimum Gasteiger partial charge on any atom is -0.461 e. The Labute approximate surface area is 155 Å². The number of rotatable bonds is 4. The van der Waals surface area contributed by atoms with E-state index in [0.29, 0.717) is 25.7 Å². The Morgan fingerprint density at radius 2 is 2.19 bits per heavy atom. The molecule has 134 valence electrons. The summed E-state index contributed by atoms with van der Waals surface area (Å²) in [5.41, 5.74) is 2.86. The molecule has 1 unspecified atom stereocenters. The predicted octanol–water partition coefficient (Wildman–Crippen LogP) is 2.63. The normalized spacial score (nSPS) is 16.4. The largest absolute Gasteiger partial charge is 0.461 e. The lowest BCUT2D eigenvalue weighted by molar-refractivity contribution is 0.0633. The molecule has 7 nitrogen and oxygen atoms in total. The van der Waals surface area contributed by atoms with Gasteiger partial charge in [0.1, 0.15) is 12.6 Å². The summed E-state index contributed by atoms with van der Waals surface area (Å²) in [5, 5.41) is 6.35. The zero-order valence-corrected chi connectivity index (χ0v) is 15.4. The van der Waals surface area contributed by atoms with Gasteiger partial charge in [0.15, 0.2) is 0 Å². The van der Waals surface area contributed by atoms with E-state index >= 15 is 0 Å². The van der Waals surface area contributed by atoms with E-state index < -0.39 is 0 Å². The summed E-state index contributed by atoms with van der Waals surface area (Å²) in [7, 11) is 0. The van der Waals surface area contributed by atoms with Gasteiger partial charge in [0.25, 0.3) is 5.91 Å². The number of carbonyl (C=O) groups is 1. The van der Waals surface area contributed by atoms with Gasteiger partial charge in [-0.3, -0.25) is 9.48 Å². The SMILES string of the molecule is Cc1ccnc(OCC2CN(C(=O)c3sccc3C)Cc3ccnn32)n1. The summed E-state index contributed by atoms with van der Waals surface area (Å²) in [4.78, 5) is 24.0. The van der Waals surface area contributed by atoms with E-state index in [9.17, 15) is 4.79 Å². The molecule has 1 aliphatic rings. The molecular weight excluding hydrogens is 350 g/mol. The van der Waals surface area contributed by atoms with E-state index in [1.807, 2.05) is 47.0 Å². The molecule has 0 radical (unpaired) electrons. The van der Waals surface area contributed by atoms with Crippen molar-refractivity contribution in [1.29, 1.82) is 0 Å². The van der Waals surface area contributed by atoms with Crippen molar-refractivity contribution in [3.05, 3.63) is 57.8 Å². The molecule has 0 aliphatic carbocycles. The molecular formula is C18H19N5O2S. The van der Waals surface area contributed by atoms with Crippen molar-refractivity contribution >= 4 is 17.2 Å². The molecule has 0 fully saturated rings. The van der Waals surface area contributed by atoms with Gasteiger partial charge in [-0.25, -0.2) is 9.97 Å². The number of hydrogen-bond donors (Lipinski definition) is 0. The smallest absolute Gasteiger partial charge is 0.316 e. The summed E-state index contributed by atoms with van der Waals surface area (Å²) >= 11 is 1.48. The first-order chi connectivity index (χ1) is 12.6. The fraction of sp³-hybridized carbons (Fsp3) is 0.333. The fourth-order valence-corrected chi connectivity index (χ4v) is 3.96. The van der Waals surface area contributed by atoms with E-state index in [2.05, 4.69) is 15.1 Å². The van der Waals surface area contributed by atoms with Crippen LogP contribution in [0.2, 0.25) is 0 Å². The highest BCUT2D eigenvalue weighted by molar-refractivity contribution is 7.12. The van der Waals surface area contributed by atoms with Crippen LogP contribution >= 0.6 is 11.3 Å². The molecule has 0 saturated heterocycles. The minimum absolute atomic E-state index is 0.0572. The average molecular weight is 369 g/mol. The van der Waals surface area contributed by atoms with E-state index in [1.165, 1.54) is 11.3 Å². The molecule has 1 atom stereocenters. The maximum atomic E-state index is 12.9. The second-order valence-corrected chi connectivity index (χ2v) is 7.25. The Bertz CT molecular complexity index is 935. The molecule has 0 spiro atoms. The van der Waals surface area contributed by atoms with Gasteiger partial charge in [0.2, 0.25) is 0 Å². The number of aromatic nitrogens is 4. The number of nitrogens with zero attached hydrogens (tertiary/aromatic N) is 5. The van der Waals surface area contributed by atoms with Crippen molar-refractivity contribution < 1.29 is 9.53 Å². The minimum atomic E-state index is -0.0814. The topological polar surface area (TPSA) is 73.1 Å². The highest BCUT2D eigenvalue weighted by atomic mass is 32.1. The lowest BCUT2D eigenvalue weighted by Gasteiger charge is -2.33. The van der Waals surface area contributed by atoms with Crippen LogP contribution < -0.4 is 4.74 Å². The quantitative estimate of drug-likeness (QED) is 0.707. The van der Waals surface area contributed by atoms with Crippen molar-refractivity contribution in [3.63, 3.8) is 0 Å². The van der Waals surface area contributed by atoms with Gasteiger partial charge in [-0.05, 0) is 43.0 Å². The van der Waals surface area contributed by atoms with Crippen LogP contribution in [0.1, 0.15) is 32.7 Å². The molecule has 4 rings (SSSR count). The van der Waals surface area contributed by atoms with Crippen LogP contribution in [0.4, 0.5) is 0 Å². The van der Waals surface area contributed by atoms with Crippen LogP contribution in [0.25, 0.3) is 0 Å². The Balaban J connectivity index is 1.53. The number of hydrogen-bond acceptors (Lipinski definition) is 6. The molecule has 4 heterocycles. The first-order valence-corrected chi connectivity index (χ1v) is 9.28. The third kappa shape index (κ3) is 3.20. The van der Waals surface area contributed by atoms with Crippen LogP contribution in [0.5, 0.6) is 6.01 Å². The van der Waals surface area contributed by atoms with Gasteiger partial charge in [0, 0.05) is 24.6 Å². The first kappa shape index (κ1) is 16.7. The maximum absolute atomic E-state index is 12.9. The fourth-order valence-electron chi connectivity index (χ4n) is 3.07. The molecule has 0 bridgehead atoms. The lowest BCUT2D eigenvalue weighted by Crippen LogP contribution is -2.43. The van der Waals surface area contributed by atoms with Crippen molar-refractivity contribution in [3.8, 4) is 6.01 Å². The Hall–Kier alpha value is -2.74. The van der Waals surface area contributed by atoms with Crippen molar-refractivity contribution in [2.24, 2.45) is 0 Å². The van der Waals surface area contributed by atoms with Gasteiger partial charge < -0.3 is 9.64 Å². The zero-order valence-electron chi connectivity index (χ0n) is 14.6. The molecule has 1 aliphatic heterocycles. The molecule has 0 aromatic carbocycles. The number of thiophene rings is 1. The second-order valence-electron chi connectivity index (χ2n) is 6.33. The van der Waals surface area contributed by atoms with Crippen LogP contribution in [-0.4, -0.2) is 43.7 Å². The highest BCUT2D eigenvalue weighted by Gasteiger charge is 2.30. The molecule has 0 N–H and O–H groups in total. The zero-order chi connectivity index (χ0) is 18.1. The number of ether oxygens (including phenoxy) is 1. The van der Waals surface area contributed by atoms with Gasteiger partial charge in [-0.15, -0.1) is 11.3 Å². The van der Waals surface area contributed by atoms with Gasteiger partial charge >= 0.3 is 6.01 Å². The summed E-state index contributed by atoms with van der Waals surface area (Å²) in [6, 6.07) is 6.00. The van der Waals surface area contributed by atoms with Crippen LogP contribution in [0.15, 0.2) is 36.0 Å². The number of carbonyl (C=O) groups excluding carboxylic acids is 1. The number of amides is 1. The van der Waals surface area contributed by atoms with Crippen LogP contribution in [0, 0.1) is 13.8 Å². The molecule has 3 aromatic heterocycles. The van der Waals surface area contributed by atoms with Gasteiger partial charge in [-0.1, -0.05) is 0 Å². The van der Waals surface area contributed by atoms with E-state index in [0.717, 1.165) is 21.8 Å². The highest BCUT2D eigenvalue weighted by Crippen LogP contribution is 2.25. The summed E-state index contributed by atoms with van der Waals surface area (Å²) < 4.78 is 7.71. The molecule has 26 heavy (non-hydrogen) atoms. The molecule has 3 aromatic rings. The van der Waals surface area contributed by atoms with E-state index in [1.54, 1.807) is 12.4 Å². The standard InChI is InChI=1S/C18H19N5O2S/c1-12-5-8-26-16(12)17(24)22-9-14-4-7-20-23(14)15(10-22)11-25-18-19-6-3-13(2)21-18/h3-8,15H,9-11H2,1-2H3. The van der Waals surface area contributed by atoms with Crippen LogP contribution in [-0.2, 0) is 6.54 Å². The third-order valence-electron chi connectivity index (χ3n) is 4.40. The van der Waals surface area contributed by atoms with Crippen molar-refractivity contribution in [2.45, 2.75) is 26.4 Å². The summed E-state index contributed by atoms with van der Waals surface area (Å²) in [6.45, 7) is 5.30. The van der Waals surface area contributed by atoms with Gasteiger partial charge in [-0.2, -0.15) is 5.10 Å². The number of fused-ring (bicyclic) bond motifs is 1. The maximum Gasteiger partial charge on any atom is 0.316 e. The first-order valence-electron chi connectivity index (χ1n) is 8.40. The average Bonchev–Trinajstić information content (AvgIpc) is 3.27. The summed E-state index contributed by atoms with van der Waals surface area (Å²) in [5.74, 6) is 0.0572. The van der Waals surface area contributed by atoms with E-state index in [4.69, 9.17) is 4.74 Å². The summed E-state index contributed by atoms with van der Waals surface area (Å²) in [6.07, 6.45) is 3.43. The third-order valence-corrected chi connectivity index (χ3v) is 5.41.